The largest absolute Gasteiger partial charge is 0.444 e. The smallest absolute Gasteiger partial charge is 0.410 e. The zero-order valence-electron chi connectivity index (χ0n) is 12.6. The summed E-state index contributed by atoms with van der Waals surface area (Å²) in [5.41, 5.74) is -0.397. The molecule has 1 saturated carbocycles. The highest BCUT2D eigenvalue weighted by Crippen LogP contribution is 2.23. The Hall–Kier alpha value is -0.770. The Balaban J connectivity index is 1.81. The Morgan fingerprint density at radius 3 is 2.63 bits per heavy atom. The van der Waals surface area contributed by atoms with E-state index in [1.165, 1.54) is 19.3 Å². The van der Waals surface area contributed by atoms with Crippen molar-refractivity contribution in [2.24, 2.45) is 0 Å². The number of nitrogens with zero attached hydrogens (tertiary/aromatic N) is 1. The van der Waals surface area contributed by atoms with Gasteiger partial charge in [-0.2, -0.15) is 0 Å². The molecule has 0 aromatic carbocycles. The van der Waals surface area contributed by atoms with Crippen molar-refractivity contribution in [2.45, 2.75) is 77.0 Å². The molecule has 110 valence electrons. The van der Waals surface area contributed by atoms with Crippen LogP contribution < -0.4 is 5.32 Å². The van der Waals surface area contributed by atoms with E-state index in [0.717, 1.165) is 38.4 Å². The summed E-state index contributed by atoms with van der Waals surface area (Å²) in [5, 5.41) is 3.53. The number of piperidine rings is 1. The summed E-state index contributed by atoms with van der Waals surface area (Å²) in [7, 11) is 0. The van der Waals surface area contributed by atoms with Gasteiger partial charge in [-0.25, -0.2) is 4.79 Å². The van der Waals surface area contributed by atoms with Crippen LogP contribution >= 0.6 is 0 Å². The molecule has 2 aliphatic rings. The van der Waals surface area contributed by atoms with Gasteiger partial charge in [0.1, 0.15) is 5.60 Å². The summed E-state index contributed by atoms with van der Waals surface area (Å²) in [6.07, 6.45) is 7.00. The molecular formula is C15H28N2O2. The van der Waals surface area contributed by atoms with E-state index in [1.807, 2.05) is 25.7 Å². The molecule has 1 aliphatic heterocycles. The van der Waals surface area contributed by atoms with Crippen LogP contribution in [0.25, 0.3) is 0 Å². The van der Waals surface area contributed by atoms with Gasteiger partial charge in [-0.1, -0.05) is 0 Å². The summed E-state index contributed by atoms with van der Waals surface area (Å²) in [6.45, 7) is 7.66. The minimum Gasteiger partial charge on any atom is -0.444 e. The maximum Gasteiger partial charge on any atom is 0.410 e. The Labute approximate surface area is 116 Å². The molecule has 4 nitrogen and oxygen atoms in total. The molecule has 4 heteroatoms. The highest BCUT2D eigenvalue weighted by Gasteiger charge is 2.30. The topological polar surface area (TPSA) is 41.6 Å². The Morgan fingerprint density at radius 1 is 1.26 bits per heavy atom. The van der Waals surface area contributed by atoms with E-state index >= 15 is 0 Å². The van der Waals surface area contributed by atoms with E-state index in [0.29, 0.717) is 6.04 Å². The second-order valence-electron chi connectivity index (χ2n) is 6.84. The number of ether oxygens (including phenoxy) is 1. The average Bonchev–Trinajstić information content (AvgIpc) is 3.11. The Bertz CT molecular complexity index is 308. The first-order valence-electron chi connectivity index (χ1n) is 7.69. The number of amides is 1. The summed E-state index contributed by atoms with van der Waals surface area (Å²) in [4.78, 5) is 14.2. The maximum atomic E-state index is 12.2. The fourth-order valence-corrected chi connectivity index (χ4v) is 2.60. The van der Waals surface area contributed by atoms with Gasteiger partial charge in [-0.05, 0) is 65.8 Å². The first kappa shape index (κ1) is 14.6. The quantitative estimate of drug-likeness (QED) is 0.852. The van der Waals surface area contributed by atoms with Crippen molar-refractivity contribution in [1.29, 1.82) is 0 Å². The van der Waals surface area contributed by atoms with Crippen LogP contribution in [0.2, 0.25) is 0 Å². The number of hydrogen-bond donors (Lipinski definition) is 1. The molecule has 1 heterocycles. The van der Waals surface area contributed by atoms with Crippen LogP contribution in [0.15, 0.2) is 0 Å². The predicted octanol–water partition coefficient (Wildman–Crippen LogP) is 2.92. The molecule has 1 unspecified atom stereocenters. The lowest BCUT2D eigenvalue weighted by atomic mass is 10.00. The summed E-state index contributed by atoms with van der Waals surface area (Å²) >= 11 is 0. The van der Waals surface area contributed by atoms with Gasteiger partial charge in [-0.3, -0.25) is 0 Å². The molecule has 1 atom stereocenters. The van der Waals surface area contributed by atoms with E-state index in [-0.39, 0.29) is 6.09 Å². The van der Waals surface area contributed by atoms with Crippen LogP contribution in [0.1, 0.15) is 59.3 Å². The molecule has 1 aliphatic carbocycles. The van der Waals surface area contributed by atoms with Crippen LogP contribution in [0.3, 0.4) is 0 Å². The Kier molecular flexibility index (Phi) is 4.71. The summed E-state index contributed by atoms with van der Waals surface area (Å²) in [6, 6.07) is 1.11. The van der Waals surface area contributed by atoms with Crippen molar-refractivity contribution in [3.63, 3.8) is 0 Å². The molecular weight excluding hydrogens is 240 g/mol. The molecule has 1 amide bonds. The third-order valence-corrected chi connectivity index (χ3v) is 3.74. The van der Waals surface area contributed by atoms with Crippen LogP contribution in [-0.4, -0.2) is 41.8 Å². The highest BCUT2D eigenvalue weighted by atomic mass is 16.6. The standard InChI is InChI=1S/C15H28N2O2/c1-15(2,3)19-14(18)17-11-5-4-6-13(17)9-10-16-12-7-8-12/h12-13,16H,4-11H2,1-3H3. The monoisotopic (exact) mass is 268 g/mol. The van der Waals surface area contributed by atoms with Gasteiger partial charge < -0.3 is 15.0 Å². The molecule has 2 rings (SSSR count). The van der Waals surface area contributed by atoms with E-state index in [9.17, 15) is 4.79 Å². The van der Waals surface area contributed by atoms with E-state index in [1.54, 1.807) is 0 Å². The van der Waals surface area contributed by atoms with Gasteiger partial charge in [0.2, 0.25) is 0 Å². The third-order valence-electron chi connectivity index (χ3n) is 3.74. The number of likely N-dealkylation sites (tertiary alicyclic amines) is 1. The lowest BCUT2D eigenvalue weighted by molar-refractivity contribution is 0.00894. The summed E-state index contributed by atoms with van der Waals surface area (Å²) < 4.78 is 5.51. The van der Waals surface area contributed by atoms with Gasteiger partial charge in [0.15, 0.2) is 0 Å². The molecule has 0 aromatic rings. The molecule has 0 aromatic heterocycles. The lowest BCUT2D eigenvalue weighted by Crippen LogP contribution is -2.47. The minimum atomic E-state index is -0.397. The van der Waals surface area contributed by atoms with Crippen LogP contribution in [0, 0.1) is 0 Å². The van der Waals surface area contributed by atoms with Crippen LogP contribution in [-0.2, 0) is 4.74 Å². The van der Waals surface area contributed by atoms with Crippen molar-refractivity contribution in [3.05, 3.63) is 0 Å². The summed E-state index contributed by atoms with van der Waals surface area (Å²) in [5.74, 6) is 0. The van der Waals surface area contributed by atoms with Crippen LogP contribution in [0.5, 0.6) is 0 Å². The van der Waals surface area contributed by atoms with Crippen molar-refractivity contribution in [3.8, 4) is 0 Å². The van der Waals surface area contributed by atoms with Gasteiger partial charge in [0.25, 0.3) is 0 Å². The lowest BCUT2D eigenvalue weighted by Gasteiger charge is -2.36. The van der Waals surface area contributed by atoms with Gasteiger partial charge in [0, 0.05) is 18.6 Å². The fourth-order valence-electron chi connectivity index (χ4n) is 2.60. The molecule has 19 heavy (non-hydrogen) atoms. The van der Waals surface area contributed by atoms with Crippen molar-refractivity contribution < 1.29 is 9.53 Å². The second kappa shape index (κ2) is 6.12. The molecule has 0 radical (unpaired) electrons. The first-order chi connectivity index (χ1) is 8.96. The molecule has 1 saturated heterocycles. The molecule has 1 N–H and O–H groups in total. The number of nitrogens with one attached hydrogen (secondary N) is 1. The van der Waals surface area contributed by atoms with Gasteiger partial charge in [0.05, 0.1) is 0 Å². The molecule has 0 bridgehead atoms. The highest BCUT2D eigenvalue weighted by molar-refractivity contribution is 5.68. The van der Waals surface area contributed by atoms with E-state index in [2.05, 4.69) is 5.32 Å². The number of carbonyl (C=O) groups excluding carboxylic acids is 1. The molecule has 0 spiro atoms. The number of rotatable bonds is 4. The van der Waals surface area contributed by atoms with Crippen LogP contribution in [0.4, 0.5) is 4.79 Å². The number of carbonyl (C=O) groups is 1. The van der Waals surface area contributed by atoms with Crippen molar-refractivity contribution in [2.75, 3.05) is 13.1 Å². The minimum absolute atomic E-state index is 0.136. The predicted molar refractivity (Wildman–Crippen MR) is 76.2 cm³/mol. The zero-order chi connectivity index (χ0) is 13.9. The number of hydrogen-bond acceptors (Lipinski definition) is 3. The van der Waals surface area contributed by atoms with Gasteiger partial charge >= 0.3 is 6.09 Å². The average molecular weight is 268 g/mol. The fraction of sp³-hybridized carbons (Fsp3) is 0.933. The first-order valence-corrected chi connectivity index (χ1v) is 7.69. The molecule has 2 fully saturated rings. The van der Waals surface area contributed by atoms with E-state index in [4.69, 9.17) is 4.74 Å². The maximum absolute atomic E-state index is 12.2. The van der Waals surface area contributed by atoms with E-state index < -0.39 is 5.60 Å². The SMILES string of the molecule is CC(C)(C)OC(=O)N1CCCCC1CCNC1CC1. The second-order valence-corrected chi connectivity index (χ2v) is 6.84. The zero-order valence-corrected chi connectivity index (χ0v) is 12.6. The third kappa shape index (κ3) is 5.01. The Morgan fingerprint density at radius 2 is 2.00 bits per heavy atom. The van der Waals surface area contributed by atoms with Gasteiger partial charge in [-0.15, -0.1) is 0 Å². The van der Waals surface area contributed by atoms with Crippen molar-refractivity contribution >= 4 is 6.09 Å². The van der Waals surface area contributed by atoms with Crippen molar-refractivity contribution in [1.82, 2.24) is 10.2 Å². The normalized spacial score (nSPS) is 24.4.